The Morgan fingerprint density at radius 2 is 1.60 bits per heavy atom. The van der Waals surface area contributed by atoms with E-state index in [1.54, 1.807) is 16.7 Å². The van der Waals surface area contributed by atoms with Crippen molar-refractivity contribution in [1.29, 1.82) is 0 Å². The Bertz CT molecular complexity index is 1160. The molecular weight excluding hydrogens is 378 g/mol. The maximum absolute atomic E-state index is 13.1. The Balaban J connectivity index is 1.59. The van der Waals surface area contributed by atoms with Gasteiger partial charge in [0.25, 0.3) is 5.56 Å². The van der Waals surface area contributed by atoms with Crippen LogP contribution in [0.5, 0.6) is 0 Å². The minimum absolute atomic E-state index is 0.00125. The summed E-state index contributed by atoms with van der Waals surface area (Å²) < 4.78 is 2.86. The molecule has 1 atom stereocenters. The van der Waals surface area contributed by atoms with Gasteiger partial charge >= 0.3 is 5.69 Å². The van der Waals surface area contributed by atoms with E-state index in [4.69, 9.17) is 0 Å². The number of para-hydroxylation sites is 1. The fraction of sp³-hybridized carbons (Fsp3) is 0.417. The van der Waals surface area contributed by atoms with E-state index in [0.717, 1.165) is 19.5 Å². The van der Waals surface area contributed by atoms with E-state index < -0.39 is 6.10 Å². The van der Waals surface area contributed by atoms with Gasteiger partial charge in [0, 0.05) is 26.2 Å². The summed E-state index contributed by atoms with van der Waals surface area (Å²) in [5, 5.41) is 11.3. The second kappa shape index (κ2) is 8.58. The van der Waals surface area contributed by atoms with Crippen LogP contribution >= 0.6 is 0 Å². The molecule has 1 aromatic heterocycles. The van der Waals surface area contributed by atoms with Crippen LogP contribution in [0.25, 0.3) is 10.9 Å². The number of fused-ring (bicyclic) bond motifs is 2. The molecule has 6 nitrogen and oxygen atoms in total. The van der Waals surface area contributed by atoms with E-state index in [9.17, 15) is 14.7 Å². The number of benzene rings is 2. The summed E-state index contributed by atoms with van der Waals surface area (Å²) in [6, 6.07) is 15.6. The zero-order valence-electron chi connectivity index (χ0n) is 17.6. The summed E-state index contributed by atoms with van der Waals surface area (Å²) in [6.45, 7) is 6.67. The van der Waals surface area contributed by atoms with E-state index in [1.165, 1.54) is 15.7 Å². The SMILES string of the molecule is CC(C)Cn1c(=O)n(C[C@H](O)CN2CCc3ccccc3C2)c(=O)c2ccccc21. The third kappa shape index (κ3) is 4.11. The van der Waals surface area contributed by atoms with Gasteiger partial charge in [0.15, 0.2) is 0 Å². The van der Waals surface area contributed by atoms with Crippen molar-refractivity contribution in [3.05, 3.63) is 80.5 Å². The molecule has 158 valence electrons. The van der Waals surface area contributed by atoms with Crippen LogP contribution in [0.2, 0.25) is 0 Å². The Morgan fingerprint density at radius 3 is 2.37 bits per heavy atom. The molecule has 1 aliphatic heterocycles. The fourth-order valence-corrected chi connectivity index (χ4v) is 4.35. The lowest BCUT2D eigenvalue weighted by atomic mass is 10.00. The third-order valence-electron chi connectivity index (χ3n) is 5.75. The number of rotatable bonds is 6. The molecule has 1 aliphatic rings. The summed E-state index contributed by atoms with van der Waals surface area (Å²) in [7, 11) is 0. The van der Waals surface area contributed by atoms with Gasteiger partial charge in [0.05, 0.1) is 23.6 Å². The molecule has 0 spiro atoms. The highest BCUT2D eigenvalue weighted by molar-refractivity contribution is 5.77. The zero-order valence-corrected chi connectivity index (χ0v) is 17.6. The molecule has 0 amide bonds. The number of aliphatic hydroxyl groups excluding tert-OH is 1. The summed E-state index contributed by atoms with van der Waals surface area (Å²) in [4.78, 5) is 28.3. The molecule has 0 unspecified atom stereocenters. The van der Waals surface area contributed by atoms with Gasteiger partial charge in [-0.05, 0) is 35.6 Å². The maximum Gasteiger partial charge on any atom is 0.331 e. The molecule has 0 saturated heterocycles. The molecule has 6 heteroatoms. The van der Waals surface area contributed by atoms with Gasteiger partial charge in [-0.15, -0.1) is 0 Å². The van der Waals surface area contributed by atoms with Crippen LogP contribution in [0.15, 0.2) is 58.1 Å². The molecule has 2 aromatic carbocycles. The van der Waals surface area contributed by atoms with Crippen LogP contribution in [0, 0.1) is 5.92 Å². The van der Waals surface area contributed by atoms with Crippen molar-refractivity contribution in [3.8, 4) is 0 Å². The van der Waals surface area contributed by atoms with Crippen LogP contribution in [-0.2, 0) is 26.1 Å². The molecule has 3 aromatic rings. The highest BCUT2D eigenvalue weighted by atomic mass is 16.3. The first-order chi connectivity index (χ1) is 14.4. The monoisotopic (exact) mass is 407 g/mol. The van der Waals surface area contributed by atoms with Crippen molar-refractivity contribution in [1.82, 2.24) is 14.0 Å². The zero-order chi connectivity index (χ0) is 21.3. The van der Waals surface area contributed by atoms with Crippen LogP contribution in [0.1, 0.15) is 25.0 Å². The van der Waals surface area contributed by atoms with Gasteiger partial charge in [-0.2, -0.15) is 0 Å². The number of aliphatic hydroxyl groups is 1. The number of β-amino-alcohol motifs (C(OH)–C–C–N with tert-alkyl or cyclic N) is 1. The van der Waals surface area contributed by atoms with Crippen molar-refractivity contribution in [2.24, 2.45) is 5.92 Å². The van der Waals surface area contributed by atoms with Gasteiger partial charge in [-0.1, -0.05) is 50.2 Å². The van der Waals surface area contributed by atoms with Gasteiger partial charge in [0.2, 0.25) is 0 Å². The van der Waals surface area contributed by atoms with Crippen molar-refractivity contribution in [2.75, 3.05) is 13.1 Å². The molecule has 0 fully saturated rings. The molecule has 2 heterocycles. The Labute approximate surface area is 176 Å². The average Bonchev–Trinajstić information content (AvgIpc) is 2.74. The molecule has 0 aliphatic carbocycles. The molecule has 0 saturated carbocycles. The van der Waals surface area contributed by atoms with Gasteiger partial charge in [-0.25, -0.2) is 4.79 Å². The number of nitrogens with zero attached hydrogens (tertiary/aromatic N) is 3. The van der Waals surface area contributed by atoms with E-state index in [2.05, 4.69) is 23.1 Å². The van der Waals surface area contributed by atoms with Crippen molar-refractivity contribution < 1.29 is 5.11 Å². The molecular formula is C24H29N3O3. The molecule has 1 N–H and O–H groups in total. The molecule has 30 heavy (non-hydrogen) atoms. The summed E-state index contributed by atoms with van der Waals surface area (Å²) in [5.74, 6) is 0.260. The summed E-state index contributed by atoms with van der Waals surface area (Å²) >= 11 is 0. The van der Waals surface area contributed by atoms with Crippen molar-refractivity contribution >= 4 is 10.9 Å². The second-order valence-corrected chi connectivity index (χ2v) is 8.63. The van der Waals surface area contributed by atoms with Gasteiger partial charge in [-0.3, -0.25) is 18.8 Å². The largest absolute Gasteiger partial charge is 0.390 e. The number of hydrogen-bond acceptors (Lipinski definition) is 4. The Morgan fingerprint density at radius 1 is 0.900 bits per heavy atom. The first kappa shape index (κ1) is 20.6. The normalized spacial score (nSPS) is 15.5. The highest BCUT2D eigenvalue weighted by Crippen LogP contribution is 2.18. The number of aromatic nitrogens is 2. The first-order valence-corrected chi connectivity index (χ1v) is 10.6. The minimum Gasteiger partial charge on any atom is -0.390 e. The number of hydrogen-bond donors (Lipinski definition) is 1. The van der Waals surface area contributed by atoms with Crippen LogP contribution < -0.4 is 11.2 Å². The third-order valence-corrected chi connectivity index (χ3v) is 5.75. The maximum atomic E-state index is 13.1. The molecule has 0 radical (unpaired) electrons. The predicted octanol–water partition coefficient (Wildman–Crippen LogP) is 2.24. The van der Waals surface area contributed by atoms with Crippen molar-refractivity contribution in [2.45, 2.75) is 46.0 Å². The van der Waals surface area contributed by atoms with Gasteiger partial charge in [0.1, 0.15) is 0 Å². The van der Waals surface area contributed by atoms with Crippen LogP contribution in [-0.4, -0.2) is 38.3 Å². The Hall–Kier alpha value is -2.70. The van der Waals surface area contributed by atoms with E-state index in [-0.39, 0.29) is 23.7 Å². The predicted molar refractivity (Wildman–Crippen MR) is 119 cm³/mol. The van der Waals surface area contributed by atoms with E-state index in [1.807, 2.05) is 32.0 Å². The fourth-order valence-electron chi connectivity index (χ4n) is 4.35. The summed E-state index contributed by atoms with van der Waals surface area (Å²) in [5.41, 5.74) is 2.59. The lowest BCUT2D eigenvalue weighted by Gasteiger charge is -2.30. The average molecular weight is 408 g/mol. The van der Waals surface area contributed by atoms with Gasteiger partial charge < -0.3 is 5.11 Å². The topological polar surface area (TPSA) is 67.5 Å². The highest BCUT2D eigenvalue weighted by Gasteiger charge is 2.21. The second-order valence-electron chi connectivity index (χ2n) is 8.63. The lowest BCUT2D eigenvalue weighted by molar-refractivity contribution is 0.0896. The lowest BCUT2D eigenvalue weighted by Crippen LogP contribution is -2.45. The Kier molecular flexibility index (Phi) is 5.88. The van der Waals surface area contributed by atoms with Crippen LogP contribution in [0.4, 0.5) is 0 Å². The molecule has 4 rings (SSSR count). The minimum atomic E-state index is -0.797. The van der Waals surface area contributed by atoms with E-state index >= 15 is 0 Å². The van der Waals surface area contributed by atoms with Crippen LogP contribution in [0.3, 0.4) is 0 Å². The standard InChI is InChI=1S/C24H29N3O3/c1-17(2)13-26-22-10-6-5-9-21(22)23(29)27(24(26)30)16-20(28)15-25-12-11-18-7-3-4-8-19(18)14-25/h3-10,17,20,28H,11-16H2,1-2H3/t20-/m1/s1. The summed E-state index contributed by atoms with van der Waals surface area (Å²) in [6.07, 6.45) is 0.148. The van der Waals surface area contributed by atoms with Crippen molar-refractivity contribution in [3.63, 3.8) is 0 Å². The quantitative estimate of drug-likeness (QED) is 0.681. The van der Waals surface area contributed by atoms with E-state index in [0.29, 0.717) is 24.0 Å². The first-order valence-electron chi connectivity index (χ1n) is 10.6. The smallest absolute Gasteiger partial charge is 0.331 e. The molecule has 0 bridgehead atoms.